The summed E-state index contributed by atoms with van der Waals surface area (Å²) in [6, 6.07) is 1.54. The Morgan fingerprint density at radius 1 is 1.35 bits per heavy atom. The van der Waals surface area contributed by atoms with Gasteiger partial charge in [-0.1, -0.05) is 0 Å². The molecule has 0 saturated carbocycles. The Bertz CT molecular complexity index is 501. The van der Waals surface area contributed by atoms with Crippen LogP contribution in [-0.4, -0.2) is 25.0 Å². The molecule has 1 aromatic carbocycles. The molecule has 1 saturated heterocycles. The maximum atomic E-state index is 13.5. The first-order chi connectivity index (χ1) is 9.50. The number of hydrogen-bond acceptors (Lipinski definition) is 2. The lowest BCUT2D eigenvalue weighted by atomic mass is 9.92. The monoisotopic (exact) mass is 286 g/mol. The van der Waals surface area contributed by atoms with Gasteiger partial charge in [0.1, 0.15) is 0 Å². The molecule has 1 aliphatic heterocycles. The molecule has 1 amide bonds. The van der Waals surface area contributed by atoms with Crippen LogP contribution in [0.1, 0.15) is 30.1 Å². The summed E-state index contributed by atoms with van der Waals surface area (Å²) in [6.07, 6.45) is 1.99. The number of rotatable bonds is 3. The molecule has 110 valence electrons. The van der Waals surface area contributed by atoms with E-state index in [0.717, 1.165) is 38.1 Å². The van der Waals surface area contributed by atoms with E-state index < -0.39 is 28.9 Å². The third-order valence-electron chi connectivity index (χ3n) is 3.68. The topological polar surface area (TPSA) is 41.1 Å². The first-order valence-corrected chi connectivity index (χ1v) is 6.65. The van der Waals surface area contributed by atoms with Gasteiger partial charge in [-0.25, -0.2) is 13.2 Å². The van der Waals surface area contributed by atoms with Crippen molar-refractivity contribution >= 4 is 5.91 Å². The van der Waals surface area contributed by atoms with Crippen LogP contribution in [-0.2, 0) is 0 Å². The smallest absolute Gasteiger partial charge is 0.254 e. The van der Waals surface area contributed by atoms with Crippen molar-refractivity contribution in [2.45, 2.75) is 25.8 Å². The predicted octanol–water partition coefficient (Wildman–Crippen LogP) is 2.22. The first kappa shape index (κ1) is 14.8. The molecule has 6 heteroatoms. The molecule has 1 heterocycles. The van der Waals surface area contributed by atoms with Gasteiger partial charge in [0, 0.05) is 6.04 Å². The summed E-state index contributed by atoms with van der Waals surface area (Å²) in [7, 11) is 0. The van der Waals surface area contributed by atoms with Gasteiger partial charge in [0.15, 0.2) is 17.5 Å². The molecule has 0 spiro atoms. The maximum Gasteiger partial charge on any atom is 0.254 e. The number of carbonyl (C=O) groups is 1. The third-order valence-corrected chi connectivity index (χ3v) is 3.68. The molecule has 0 aromatic heterocycles. The third kappa shape index (κ3) is 3.12. The van der Waals surface area contributed by atoms with Gasteiger partial charge >= 0.3 is 0 Å². The molecule has 1 aromatic rings. The Morgan fingerprint density at radius 3 is 2.75 bits per heavy atom. The van der Waals surface area contributed by atoms with E-state index in [0.29, 0.717) is 0 Å². The Labute approximate surface area is 115 Å². The van der Waals surface area contributed by atoms with Crippen molar-refractivity contribution in [2.24, 2.45) is 5.92 Å². The van der Waals surface area contributed by atoms with Crippen LogP contribution in [0, 0.1) is 23.4 Å². The molecule has 0 bridgehead atoms. The number of nitrogens with one attached hydrogen (secondary N) is 2. The number of halogens is 3. The maximum absolute atomic E-state index is 13.5. The molecule has 20 heavy (non-hydrogen) atoms. The van der Waals surface area contributed by atoms with Crippen molar-refractivity contribution in [3.8, 4) is 0 Å². The normalized spacial score (nSPS) is 20.5. The fourth-order valence-electron chi connectivity index (χ4n) is 2.41. The number of amides is 1. The van der Waals surface area contributed by atoms with Crippen molar-refractivity contribution in [1.29, 1.82) is 0 Å². The van der Waals surface area contributed by atoms with Crippen LogP contribution in [0.15, 0.2) is 12.1 Å². The second kappa shape index (κ2) is 6.26. The SMILES string of the molecule is CC(NC(=O)c1ccc(F)c(F)c1F)C1CCCNC1. The Morgan fingerprint density at radius 2 is 2.10 bits per heavy atom. The predicted molar refractivity (Wildman–Crippen MR) is 68.8 cm³/mol. The Hall–Kier alpha value is -1.56. The highest BCUT2D eigenvalue weighted by molar-refractivity contribution is 5.94. The van der Waals surface area contributed by atoms with Crippen molar-refractivity contribution < 1.29 is 18.0 Å². The molecular formula is C14H17F3N2O. The second-order valence-corrected chi connectivity index (χ2v) is 5.09. The van der Waals surface area contributed by atoms with Crippen LogP contribution in [0.4, 0.5) is 13.2 Å². The van der Waals surface area contributed by atoms with Crippen molar-refractivity contribution in [1.82, 2.24) is 10.6 Å². The minimum Gasteiger partial charge on any atom is -0.349 e. The lowest BCUT2D eigenvalue weighted by Gasteiger charge is -2.29. The van der Waals surface area contributed by atoms with E-state index in [-0.39, 0.29) is 12.0 Å². The van der Waals surface area contributed by atoms with Crippen molar-refractivity contribution in [3.63, 3.8) is 0 Å². The van der Waals surface area contributed by atoms with E-state index in [1.54, 1.807) is 0 Å². The van der Waals surface area contributed by atoms with Gasteiger partial charge in [-0.3, -0.25) is 4.79 Å². The van der Waals surface area contributed by atoms with E-state index in [9.17, 15) is 18.0 Å². The molecule has 2 atom stereocenters. The van der Waals surface area contributed by atoms with Crippen LogP contribution in [0.2, 0.25) is 0 Å². The first-order valence-electron chi connectivity index (χ1n) is 6.65. The van der Waals surface area contributed by atoms with Crippen LogP contribution >= 0.6 is 0 Å². The summed E-state index contributed by atoms with van der Waals surface area (Å²) in [5.41, 5.74) is -0.473. The molecule has 0 radical (unpaired) electrons. The lowest BCUT2D eigenvalue weighted by Crippen LogP contribution is -2.44. The molecule has 2 unspecified atom stereocenters. The van der Waals surface area contributed by atoms with E-state index in [1.807, 2.05) is 6.92 Å². The number of carbonyl (C=O) groups excluding carboxylic acids is 1. The number of piperidine rings is 1. The van der Waals surface area contributed by atoms with Gasteiger partial charge in [0.2, 0.25) is 0 Å². The number of benzene rings is 1. The van der Waals surface area contributed by atoms with Crippen LogP contribution in [0.3, 0.4) is 0 Å². The molecule has 2 N–H and O–H groups in total. The summed E-state index contributed by atoms with van der Waals surface area (Å²) in [4.78, 5) is 11.9. The van der Waals surface area contributed by atoms with E-state index in [2.05, 4.69) is 10.6 Å². The van der Waals surface area contributed by atoms with Crippen LogP contribution in [0.5, 0.6) is 0 Å². The van der Waals surface area contributed by atoms with E-state index in [4.69, 9.17) is 0 Å². The quantitative estimate of drug-likeness (QED) is 0.837. The summed E-state index contributed by atoms with van der Waals surface area (Å²) < 4.78 is 39.4. The van der Waals surface area contributed by atoms with E-state index in [1.165, 1.54) is 0 Å². The average Bonchev–Trinajstić information content (AvgIpc) is 2.45. The van der Waals surface area contributed by atoms with Gasteiger partial charge in [-0.15, -0.1) is 0 Å². The minimum absolute atomic E-state index is 0.164. The summed E-state index contributed by atoms with van der Waals surface area (Å²) >= 11 is 0. The van der Waals surface area contributed by atoms with Crippen LogP contribution < -0.4 is 10.6 Å². The Kier molecular flexibility index (Phi) is 4.65. The second-order valence-electron chi connectivity index (χ2n) is 5.09. The highest BCUT2D eigenvalue weighted by Gasteiger charge is 2.24. The lowest BCUT2D eigenvalue weighted by molar-refractivity contribution is 0.0916. The standard InChI is InChI=1S/C14H17F3N2O/c1-8(9-3-2-6-18-7-9)19-14(20)10-4-5-11(15)13(17)12(10)16/h4-5,8-9,18H,2-3,6-7H2,1H3,(H,19,20). The summed E-state index contributed by atoms with van der Waals surface area (Å²) in [5.74, 6) is -4.84. The zero-order chi connectivity index (χ0) is 14.7. The van der Waals surface area contributed by atoms with Gasteiger partial charge < -0.3 is 10.6 Å². The average molecular weight is 286 g/mol. The van der Waals surface area contributed by atoms with Gasteiger partial charge in [0.25, 0.3) is 5.91 Å². The highest BCUT2D eigenvalue weighted by Crippen LogP contribution is 2.17. The fraction of sp³-hybridized carbons (Fsp3) is 0.500. The zero-order valence-electron chi connectivity index (χ0n) is 11.2. The zero-order valence-corrected chi connectivity index (χ0v) is 11.2. The fourth-order valence-corrected chi connectivity index (χ4v) is 2.41. The number of hydrogen-bond donors (Lipinski definition) is 2. The highest BCUT2D eigenvalue weighted by atomic mass is 19.2. The molecule has 1 aliphatic rings. The molecule has 1 fully saturated rings. The van der Waals surface area contributed by atoms with E-state index >= 15 is 0 Å². The Balaban J connectivity index is 2.06. The molecular weight excluding hydrogens is 269 g/mol. The molecule has 2 rings (SSSR count). The van der Waals surface area contributed by atoms with Crippen LogP contribution in [0.25, 0.3) is 0 Å². The summed E-state index contributed by atoms with van der Waals surface area (Å²) in [5, 5.41) is 5.87. The minimum atomic E-state index is -1.62. The van der Waals surface area contributed by atoms with Gasteiger partial charge in [-0.05, 0) is 50.9 Å². The largest absolute Gasteiger partial charge is 0.349 e. The van der Waals surface area contributed by atoms with Crippen molar-refractivity contribution in [2.75, 3.05) is 13.1 Å². The van der Waals surface area contributed by atoms with Gasteiger partial charge in [0.05, 0.1) is 5.56 Å². The molecule has 3 nitrogen and oxygen atoms in total. The van der Waals surface area contributed by atoms with Crippen molar-refractivity contribution in [3.05, 3.63) is 35.1 Å². The molecule has 0 aliphatic carbocycles. The summed E-state index contributed by atoms with van der Waals surface area (Å²) in [6.45, 7) is 3.56. The van der Waals surface area contributed by atoms with Gasteiger partial charge in [-0.2, -0.15) is 0 Å².